The van der Waals surface area contributed by atoms with Crippen LogP contribution in [0.15, 0.2) is 23.1 Å². The van der Waals surface area contributed by atoms with Crippen LogP contribution in [-0.2, 0) is 9.84 Å². The van der Waals surface area contributed by atoms with Crippen molar-refractivity contribution in [2.75, 3.05) is 32.0 Å². The van der Waals surface area contributed by atoms with Gasteiger partial charge in [0.25, 0.3) is 5.69 Å². The second-order valence-electron chi connectivity index (χ2n) is 6.20. The Balaban J connectivity index is 2.06. The molecule has 0 bridgehead atoms. The monoisotopic (exact) mass is 377 g/mol. The Kier molecular flexibility index (Phi) is 6.28. The first-order valence-corrected chi connectivity index (χ1v) is 9.49. The van der Waals surface area contributed by atoms with Gasteiger partial charge >= 0.3 is 5.76 Å². The van der Waals surface area contributed by atoms with Crippen molar-refractivity contribution in [1.29, 1.82) is 0 Å². The van der Waals surface area contributed by atoms with Gasteiger partial charge in [0.2, 0.25) is 9.84 Å². The molecule has 0 unspecified atom stereocenters. The lowest BCUT2D eigenvalue weighted by Crippen LogP contribution is -2.30. The highest BCUT2D eigenvalue weighted by molar-refractivity contribution is 7.91. The fourth-order valence-electron chi connectivity index (χ4n) is 2.85. The van der Waals surface area contributed by atoms with Crippen LogP contribution in [0.1, 0.15) is 19.3 Å². The van der Waals surface area contributed by atoms with Crippen molar-refractivity contribution >= 4 is 21.2 Å². The third-order valence-corrected chi connectivity index (χ3v) is 5.82. The summed E-state index contributed by atoms with van der Waals surface area (Å²) >= 11 is 0. The molecule has 0 aliphatic carbocycles. The molecule has 7 nitrogen and oxygen atoms in total. The van der Waals surface area contributed by atoms with Gasteiger partial charge in [-0.3, -0.25) is 10.1 Å². The van der Waals surface area contributed by atoms with Crippen LogP contribution in [0.5, 0.6) is 0 Å². The van der Waals surface area contributed by atoms with E-state index in [2.05, 4.69) is 17.3 Å². The number of alkyl halides is 2. The summed E-state index contributed by atoms with van der Waals surface area (Å²) in [6.45, 7) is 2.53. The van der Waals surface area contributed by atoms with E-state index < -0.39 is 31.1 Å². The number of nitrogens with one attached hydrogen (secondary N) is 1. The Hall–Kier alpha value is -1.81. The first-order valence-electron chi connectivity index (χ1n) is 7.94. The normalized spacial score (nSPS) is 17.0. The lowest BCUT2D eigenvalue weighted by atomic mass is 9.94. The predicted molar refractivity (Wildman–Crippen MR) is 89.6 cm³/mol. The molecular weight excluding hydrogens is 356 g/mol. The summed E-state index contributed by atoms with van der Waals surface area (Å²) < 4.78 is 48.1. The van der Waals surface area contributed by atoms with Gasteiger partial charge in [-0.2, -0.15) is 8.78 Å². The molecule has 0 spiro atoms. The number of hydrogen-bond acceptors (Lipinski definition) is 6. The van der Waals surface area contributed by atoms with Crippen LogP contribution in [0.2, 0.25) is 0 Å². The number of halogens is 2. The number of nitro benzene ring substituents is 1. The summed E-state index contributed by atoms with van der Waals surface area (Å²) in [5.41, 5.74) is -0.392. The highest BCUT2D eigenvalue weighted by Crippen LogP contribution is 2.30. The van der Waals surface area contributed by atoms with Crippen LogP contribution in [-0.4, -0.2) is 50.7 Å². The van der Waals surface area contributed by atoms with E-state index in [4.69, 9.17) is 0 Å². The molecule has 1 N–H and O–H groups in total. The van der Waals surface area contributed by atoms with Crippen molar-refractivity contribution in [2.45, 2.75) is 29.9 Å². The highest BCUT2D eigenvalue weighted by atomic mass is 32.2. The first kappa shape index (κ1) is 19.5. The number of sulfone groups is 1. The van der Waals surface area contributed by atoms with Crippen LogP contribution in [0, 0.1) is 16.0 Å². The van der Waals surface area contributed by atoms with Gasteiger partial charge in [-0.1, -0.05) is 0 Å². The van der Waals surface area contributed by atoms with Gasteiger partial charge in [0.1, 0.15) is 5.69 Å². The Bertz CT molecular complexity index is 719. The molecular formula is C15H21F2N3O4S. The Labute approximate surface area is 145 Å². The number of anilines is 1. The van der Waals surface area contributed by atoms with Crippen LogP contribution >= 0.6 is 0 Å². The third-order valence-electron chi connectivity index (χ3n) is 4.44. The van der Waals surface area contributed by atoms with Crippen LogP contribution in [0.4, 0.5) is 20.2 Å². The van der Waals surface area contributed by atoms with E-state index in [0.29, 0.717) is 18.5 Å². The largest absolute Gasteiger partial charge is 0.379 e. The molecule has 1 aromatic rings. The molecule has 0 saturated carbocycles. The van der Waals surface area contributed by atoms with Crippen molar-refractivity contribution in [3.05, 3.63) is 28.3 Å². The lowest BCUT2D eigenvalue weighted by molar-refractivity contribution is -0.384. The van der Waals surface area contributed by atoms with Crippen LogP contribution in [0.25, 0.3) is 0 Å². The van der Waals surface area contributed by atoms with Crippen molar-refractivity contribution in [3.63, 3.8) is 0 Å². The predicted octanol–water partition coefficient (Wildman–Crippen LogP) is 2.73. The summed E-state index contributed by atoms with van der Waals surface area (Å²) in [4.78, 5) is 11.9. The van der Waals surface area contributed by atoms with Gasteiger partial charge in [0.15, 0.2) is 0 Å². The zero-order valence-corrected chi connectivity index (χ0v) is 14.6. The molecule has 0 aromatic heterocycles. The SMILES string of the molecule is CN1CCC(CCNc2ccc(S(=O)(=O)C(F)F)cc2[N+](=O)[O-])CC1. The Morgan fingerprint density at radius 1 is 1.36 bits per heavy atom. The van der Waals surface area contributed by atoms with Gasteiger partial charge in [0, 0.05) is 12.6 Å². The summed E-state index contributed by atoms with van der Waals surface area (Å²) in [6, 6.07) is 2.81. The van der Waals surface area contributed by atoms with E-state index in [1.807, 2.05) is 0 Å². The molecule has 1 heterocycles. The smallest absolute Gasteiger partial charge is 0.341 e. The summed E-state index contributed by atoms with van der Waals surface area (Å²) in [6.07, 6.45) is 2.96. The minimum absolute atomic E-state index is 0.131. The number of likely N-dealkylation sites (tertiary alicyclic amines) is 1. The number of piperidine rings is 1. The average Bonchev–Trinajstić information content (AvgIpc) is 2.56. The van der Waals surface area contributed by atoms with E-state index in [1.54, 1.807) is 0 Å². The van der Waals surface area contributed by atoms with E-state index in [-0.39, 0.29) is 5.69 Å². The molecule has 1 aliphatic heterocycles. The fraction of sp³-hybridized carbons (Fsp3) is 0.600. The average molecular weight is 377 g/mol. The number of rotatable bonds is 7. The maximum Gasteiger partial charge on any atom is 0.341 e. The number of hydrogen-bond donors (Lipinski definition) is 1. The van der Waals surface area contributed by atoms with Gasteiger partial charge in [-0.25, -0.2) is 8.42 Å². The zero-order chi connectivity index (χ0) is 18.6. The maximum absolute atomic E-state index is 12.6. The van der Waals surface area contributed by atoms with E-state index in [0.717, 1.165) is 38.4 Å². The molecule has 25 heavy (non-hydrogen) atoms. The van der Waals surface area contributed by atoms with Gasteiger partial charge in [-0.05, 0) is 57.5 Å². The number of benzene rings is 1. The van der Waals surface area contributed by atoms with E-state index in [1.165, 1.54) is 6.07 Å². The Morgan fingerprint density at radius 3 is 2.56 bits per heavy atom. The van der Waals surface area contributed by atoms with E-state index >= 15 is 0 Å². The van der Waals surface area contributed by atoms with Gasteiger partial charge < -0.3 is 10.2 Å². The van der Waals surface area contributed by atoms with Crippen molar-refractivity contribution in [2.24, 2.45) is 5.92 Å². The van der Waals surface area contributed by atoms with Gasteiger partial charge in [-0.15, -0.1) is 0 Å². The molecule has 1 aliphatic rings. The second-order valence-corrected chi connectivity index (χ2v) is 8.12. The quantitative estimate of drug-likeness (QED) is 0.580. The lowest BCUT2D eigenvalue weighted by Gasteiger charge is -2.28. The second kappa shape index (κ2) is 8.05. The van der Waals surface area contributed by atoms with Crippen molar-refractivity contribution in [3.8, 4) is 0 Å². The fourth-order valence-corrected chi connectivity index (χ4v) is 3.59. The molecule has 1 fully saturated rings. The zero-order valence-electron chi connectivity index (χ0n) is 13.8. The molecule has 0 radical (unpaired) electrons. The molecule has 0 atom stereocenters. The topological polar surface area (TPSA) is 92.6 Å². The highest BCUT2D eigenvalue weighted by Gasteiger charge is 2.29. The molecule has 2 rings (SSSR count). The molecule has 0 amide bonds. The summed E-state index contributed by atoms with van der Waals surface area (Å²) in [5, 5.41) is 14.1. The number of nitrogens with zero attached hydrogens (tertiary/aromatic N) is 2. The summed E-state index contributed by atoms with van der Waals surface area (Å²) in [5.74, 6) is -3.09. The van der Waals surface area contributed by atoms with Crippen LogP contribution in [0.3, 0.4) is 0 Å². The van der Waals surface area contributed by atoms with Crippen molar-refractivity contribution < 1.29 is 22.1 Å². The first-order chi connectivity index (χ1) is 11.7. The minimum atomic E-state index is -4.86. The third kappa shape index (κ3) is 4.85. The maximum atomic E-state index is 12.6. The molecule has 10 heteroatoms. The molecule has 140 valence electrons. The molecule has 1 saturated heterocycles. The van der Waals surface area contributed by atoms with Crippen molar-refractivity contribution in [1.82, 2.24) is 4.90 Å². The molecule has 1 aromatic carbocycles. The summed E-state index contributed by atoms with van der Waals surface area (Å²) in [7, 11) is -2.80. The number of nitro groups is 1. The standard InChI is InChI=1S/C15H21F2N3O4S/c1-19-8-5-11(6-9-19)4-7-18-13-3-2-12(10-14(13)20(21)22)25(23,24)15(16)17/h2-3,10-11,15,18H,4-9H2,1H3. The van der Waals surface area contributed by atoms with E-state index in [9.17, 15) is 27.3 Å². The van der Waals surface area contributed by atoms with Crippen LogP contribution < -0.4 is 5.32 Å². The van der Waals surface area contributed by atoms with Gasteiger partial charge in [0.05, 0.1) is 9.82 Å². The Morgan fingerprint density at radius 2 is 2.00 bits per heavy atom. The minimum Gasteiger partial charge on any atom is -0.379 e.